The van der Waals surface area contributed by atoms with Gasteiger partial charge < -0.3 is 30.5 Å². The number of fused-ring (bicyclic) bond motifs is 1. The molecule has 1 heterocycles. The van der Waals surface area contributed by atoms with Gasteiger partial charge in [0.25, 0.3) is 0 Å². The predicted octanol–water partition coefficient (Wildman–Crippen LogP) is -1.54. The minimum absolute atomic E-state index is 0.468. The Bertz CT molecular complexity index is 566. The Labute approximate surface area is 127 Å². The third-order valence-corrected chi connectivity index (χ3v) is 4.54. The number of hydrogen-bond donors (Lipinski definition) is 5. The van der Waals surface area contributed by atoms with E-state index >= 15 is 0 Å². The van der Waals surface area contributed by atoms with Gasteiger partial charge in [0.05, 0.1) is 6.10 Å². The number of carbonyl (C=O) groups excluding carboxylic acids is 1. The summed E-state index contributed by atoms with van der Waals surface area (Å²) < 4.78 is 5.22. The monoisotopic (exact) mass is 309 g/mol. The molecule has 120 valence electrons. The van der Waals surface area contributed by atoms with Gasteiger partial charge in [0.15, 0.2) is 6.29 Å². The quantitative estimate of drug-likeness (QED) is 0.452. The van der Waals surface area contributed by atoms with Crippen molar-refractivity contribution >= 4 is 5.91 Å². The van der Waals surface area contributed by atoms with Crippen LogP contribution in [0.4, 0.5) is 0 Å². The summed E-state index contributed by atoms with van der Waals surface area (Å²) in [5, 5.41) is 43.8. The lowest BCUT2D eigenvalue weighted by atomic mass is 9.56. The van der Waals surface area contributed by atoms with Gasteiger partial charge in [-0.3, -0.25) is 4.79 Å². The Morgan fingerprint density at radius 3 is 2.45 bits per heavy atom. The van der Waals surface area contributed by atoms with Gasteiger partial charge in [0, 0.05) is 12.8 Å². The fourth-order valence-electron chi connectivity index (χ4n) is 3.51. The molecule has 1 aromatic carbocycles. The van der Waals surface area contributed by atoms with Gasteiger partial charge in [-0.05, 0) is 5.56 Å². The van der Waals surface area contributed by atoms with E-state index in [1.54, 1.807) is 30.3 Å². The van der Waals surface area contributed by atoms with Crippen LogP contribution in [0.3, 0.4) is 0 Å². The normalized spacial score (nSPS) is 43.9. The van der Waals surface area contributed by atoms with Crippen LogP contribution in [0.15, 0.2) is 30.3 Å². The van der Waals surface area contributed by atoms with E-state index in [2.05, 4.69) is 5.32 Å². The van der Waals surface area contributed by atoms with Crippen LogP contribution >= 0.6 is 0 Å². The number of carbonyl (C=O) groups is 1. The summed E-state index contributed by atoms with van der Waals surface area (Å²) >= 11 is 0. The van der Waals surface area contributed by atoms with Crippen molar-refractivity contribution < 1.29 is 30.0 Å². The minimum Gasteiger partial charge on any atom is -0.390 e. The number of rotatable bonds is 2. The number of hydrogen-bond acceptors (Lipinski definition) is 6. The molecule has 7 heteroatoms. The summed E-state index contributed by atoms with van der Waals surface area (Å²) in [7, 11) is 0. The van der Waals surface area contributed by atoms with Crippen LogP contribution in [0.5, 0.6) is 0 Å². The van der Waals surface area contributed by atoms with E-state index in [1.807, 2.05) is 0 Å². The van der Waals surface area contributed by atoms with E-state index < -0.39 is 48.1 Å². The summed E-state index contributed by atoms with van der Waals surface area (Å²) in [4.78, 5) is 11.2. The number of amides is 1. The topological polar surface area (TPSA) is 119 Å². The molecule has 1 saturated carbocycles. The van der Waals surface area contributed by atoms with Crippen LogP contribution in [0.1, 0.15) is 18.4 Å². The molecule has 0 aromatic heterocycles. The van der Waals surface area contributed by atoms with Crippen LogP contribution in [-0.4, -0.2) is 62.6 Å². The molecule has 3 rings (SSSR count). The van der Waals surface area contributed by atoms with E-state index in [4.69, 9.17) is 4.74 Å². The Kier molecular flexibility index (Phi) is 3.70. The number of aliphatic hydroxyl groups is 4. The molecule has 5 N–H and O–H groups in total. The molecule has 2 fully saturated rings. The van der Waals surface area contributed by atoms with Crippen molar-refractivity contribution in [3.8, 4) is 0 Å². The summed E-state index contributed by atoms with van der Waals surface area (Å²) in [6.07, 6.45) is -5.16. The third-order valence-electron chi connectivity index (χ3n) is 4.54. The molecule has 1 aliphatic heterocycles. The van der Waals surface area contributed by atoms with Gasteiger partial charge in [0.2, 0.25) is 5.91 Å². The maximum absolute atomic E-state index is 11.2. The van der Waals surface area contributed by atoms with Gasteiger partial charge >= 0.3 is 0 Å². The van der Waals surface area contributed by atoms with E-state index in [0.717, 1.165) is 0 Å². The van der Waals surface area contributed by atoms with Crippen LogP contribution in [0.2, 0.25) is 0 Å². The molecular formula is C15H19NO6. The molecule has 22 heavy (non-hydrogen) atoms. The molecule has 1 aliphatic carbocycles. The maximum atomic E-state index is 11.2. The Balaban J connectivity index is 1.93. The van der Waals surface area contributed by atoms with E-state index in [9.17, 15) is 25.2 Å². The molecule has 1 saturated heterocycles. The Morgan fingerprint density at radius 2 is 1.86 bits per heavy atom. The average Bonchev–Trinajstić information content (AvgIpc) is 2.49. The van der Waals surface area contributed by atoms with Crippen molar-refractivity contribution in [2.75, 3.05) is 0 Å². The zero-order chi connectivity index (χ0) is 16.1. The van der Waals surface area contributed by atoms with Crippen molar-refractivity contribution in [1.29, 1.82) is 0 Å². The van der Waals surface area contributed by atoms with E-state index in [1.165, 1.54) is 6.92 Å². The lowest BCUT2D eigenvalue weighted by molar-refractivity contribution is -0.361. The molecule has 7 atom stereocenters. The van der Waals surface area contributed by atoms with Crippen molar-refractivity contribution in [1.82, 2.24) is 5.32 Å². The zero-order valence-corrected chi connectivity index (χ0v) is 12.0. The summed E-state index contributed by atoms with van der Waals surface area (Å²) in [5.74, 6) is -1.23. The fourth-order valence-corrected chi connectivity index (χ4v) is 3.51. The maximum Gasteiger partial charge on any atom is 0.217 e. The van der Waals surface area contributed by atoms with Gasteiger partial charge in [-0.25, -0.2) is 0 Å². The van der Waals surface area contributed by atoms with Crippen molar-refractivity contribution in [3.63, 3.8) is 0 Å². The molecule has 1 amide bonds. The molecule has 2 unspecified atom stereocenters. The van der Waals surface area contributed by atoms with Crippen LogP contribution in [0.25, 0.3) is 0 Å². The number of nitrogens with one attached hydrogen (secondary N) is 1. The van der Waals surface area contributed by atoms with Crippen LogP contribution < -0.4 is 5.32 Å². The highest BCUT2D eigenvalue weighted by molar-refractivity contribution is 5.73. The molecular weight excluding hydrogens is 290 g/mol. The predicted molar refractivity (Wildman–Crippen MR) is 74.6 cm³/mol. The number of ether oxygens (including phenoxy) is 1. The average molecular weight is 309 g/mol. The highest BCUT2D eigenvalue weighted by Gasteiger charge is 2.71. The SMILES string of the molecule is CC(=O)N[C@H]1[C@H](O)O[C@@H]2C(O)C(c3ccccc3)[C@]2(O)[C@@H]1O. The number of benzene rings is 1. The summed E-state index contributed by atoms with van der Waals surface area (Å²) in [6, 6.07) is 7.61. The second kappa shape index (κ2) is 5.29. The Hall–Kier alpha value is -1.51. The highest BCUT2D eigenvalue weighted by atomic mass is 16.6. The first kappa shape index (κ1) is 15.4. The zero-order valence-electron chi connectivity index (χ0n) is 12.0. The molecule has 0 spiro atoms. The lowest BCUT2D eigenvalue weighted by Crippen LogP contribution is -2.81. The van der Waals surface area contributed by atoms with Crippen molar-refractivity contribution in [3.05, 3.63) is 35.9 Å². The van der Waals surface area contributed by atoms with E-state index in [0.29, 0.717) is 5.56 Å². The van der Waals surface area contributed by atoms with Crippen molar-refractivity contribution in [2.24, 2.45) is 0 Å². The molecule has 1 aromatic rings. The molecule has 7 nitrogen and oxygen atoms in total. The second-order valence-electron chi connectivity index (χ2n) is 5.88. The fraction of sp³-hybridized carbons (Fsp3) is 0.533. The Morgan fingerprint density at radius 1 is 1.23 bits per heavy atom. The first-order chi connectivity index (χ1) is 10.4. The smallest absolute Gasteiger partial charge is 0.217 e. The highest BCUT2D eigenvalue weighted by Crippen LogP contribution is 2.53. The minimum atomic E-state index is -1.78. The molecule has 0 bridgehead atoms. The van der Waals surface area contributed by atoms with Crippen molar-refractivity contribution in [2.45, 2.75) is 49.1 Å². The third kappa shape index (κ3) is 2.05. The second-order valence-corrected chi connectivity index (χ2v) is 5.88. The van der Waals surface area contributed by atoms with Gasteiger partial charge in [-0.15, -0.1) is 0 Å². The number of aliphatic hydroxyl groups excluding tert-OH is 3. The largest absolute Gasteiger partial charge is 0.390 e. The van der Waals surface area contributed by atoms with Gasteiger partial charge in [0.1, 0.15) is 23.9 Å². The van der Waals surface area contributed by atoms with Crippen LogP contribution in [0, 0.1) is 0 Å². The summed E-state index contributed by atoms with van der Waals surface area (Å²) in [6.45, 7) is 1.24. The van der Waals surface area contributed by atoms with Gasteiger partial charge in [-0.2, -0.15) is 0 Å². The lowest BCUT2D eigenvalue weighted by Gasteiger charge is -2.62. The van der Waals surface area contributed by atoms with E-state index in [-0.39, 0.29) is 0 Å². The van der Waals surface area contributed by atoms with Crippen LogP contribution in [-0.2, 0) is 9.53 Å². The summed E-state index contributed by atoms with van der Waals surface area (Å²) in [5.41, 5.74) is -1.14. The molecule has 2 aliphatic rings. The first-order valence-electron chi connectivity index (χ1n) is 7.11. The first-order valence-corrected chi connectivity index (χ1v) is 7.11. The standard InChI is InChI=1S/C15H19NO6/c1-7(17)16-10-12(19)15(21)9(8-5-3-2-4-6-8)11(18)13(15)22-14(10)20/h2-6,9-14,18-21H,1H3,(H,16,17)/t9?,10-,11?,12-,13-,14-,15+/m1/s1. The molecule has 0 radical (unpaired) electrons. The van der Waals surface area contributed by atoms with Gasteiger partial charge in [-0.1, -0.05) is 30.3 Å².